The van der Waals surface area contributed by atoms with Crippen LogP contribution in [0.2, 0.25) is 0 Å². The third-order valence-corrected chi connectivity index (χ3v) is 6.56. The molecule has 2 aromatic carbocycles. The average molecular weight is 426 g/mol. The van der Waals surface area contributed by atoms with Crippen molar-refractivity contribution in [1.29, 1.82) is 0 Å². The molecule has 0 bridgehead atoms. The molecule has 6 heteroatoms. The van der Waals surface area contributed by atoms with E-state index in [1.165, 1.54) is 16.0 Å². The molecule has 6 nitrogen and oxygen atoms in total. The van der Waals surface area contributed by atoms with E-state index in [1.807, 2.05) is 24.3 Å². The van der Waals surface area contributed by atoms with Gasteiger partial charge in [-0.2, -0.15) is 0 Å². The van der Waals surface area contributed by atoms with Crippen molar-refractivity contribution in [2.45, 2.75) is 25.3 Å². The van der Waals surface area contributed by atoms with E-state index in [4.69, 9.17) is 9.47 Å². The Bertz CT molecular complexity index is 847. The Morgan fingerprint density at radius 1 is 1.00 bits per heavy atom. The number of piperazine rings is 1. The summed E-state index contributed by atoms with van der Waals surface area (Å²) < 4.78 is 11.0. The van der Waals surface area contributed by atoms with Gasteiger partial charge in [-0.05, 0) is 54.7 Å². The third-order valence-electron chi connectivity index (χ3n) is 6.56. The highest BCUT2D eigenvalue weighted by Crippen LogP contribution is 2.29. The van der Waals surface area contributed by atoms with Gasteiger partial charge in [-0.25, -0.2) is 0 Å². The second-order valence-electron chi connectivity index (χ2n) is 8.66. The second kappa shape index (κ2) is 10.6. The summed E-state index contributed by atoms with van der Waals surface area (Å²) >= 11 is 0. The number of nitrogens with one attached hydrogen (secondary N) is 3. The molecule has 1 atom stereocenters. The number of ether oxygens (including phenoxy) is 2. The van der Waals surface area contributed by atoms with Crippen LogP contribution in [-0.4, -0.2) is 58.9 Å². The molecule has 0 radical (unpaired) electrons. The second-order valence-corrected chi connectivity index (χ2v) is 8.66. The minimum Gasteiger partial charge on any atom is -0.497 e. The fraction of sp³-hybridized carbons (Fsp3) is 0.480. The molecular weight excluding hydrogens is 390 g/mol. The molecule has 166 valence electrons. The van der Waals surface area contributed by atoms with Gasteiger partial charge in [0.1, 0.15) is 50.8 Å². The lowest BCUT2D eigenvalue weighted by atomic mass is 9.88. The predicted octanol–water partition coefficient (Wildman–Crippen LogP) is 0.0512. The lowest BCUT2D eigenvalue weighted by Gasteiger charge is -2.30. The van der Waals surface area contributed by atoms with Gasteiger partial charge < -0.3 is 24.6 Å². The highest BCUT2D eigenvalue weighted by Gasteiger charge is 2.27. The molecule has 1 saturated heterocycles. The quantitative estimate of drug-likeness (QED) is 0.560. The fourth-order valence-corrected chi connectivity index (χ4v) is 4.75. The first-order valence-corrected chi connectivity index (χ1v) is 11.5. The van der Waals surface area contributed by atoms with Crippen LogP contribution < -0.4 is 24.6 Å². The van der Waals surface area contributed by atoms with E-state index in [1.54, 1.807) is 12.0 Å². The zero-order valence-corrected chi connectivity index (χ0v) is 18.5. The first-order valence-electron chi connectivity index (χ1n) is 11.5. The number of fused-ring (bicyclic) bond motifs is 1. The standard InChI is InChI=1S/C25H33N3O3/c1-30-21-9-11-22(12-10-21)31-18-17-27-13-15-28(16-14-27)19-25(29)26-24-8-4-6-20-5-2-3-7-23(20)24/h2-3,5,7,9-12,24H,4,6,8,13-19H2,1H3,(H,26,29)/p+2/t24-/m0/s1. The largest absolute Gasteiger partial charge is 0.497 e. The van der Waals surface area contributed by atoms with Crippen molar-refractivity contribution in [3.05, 3.63) is 59.7 Å². The minimum atomic E-state index is 0.180. The number of quaternary nitrogens is 2. The summed E-state index contributed by atoms with van der Waals surface area (Å²) in [5.74, 6) is 1.90. The minimum absolute atomic E-state index is 0.180. The summed E-state index contributed by atoms with van der Waals surface area (Å²) in [6.45, 7) is 6.51. The van der Waals surface area contributed by atoms with Gasteiger partial charge in [0.25, 0.3) is 5.91 Å². The van der Waals surface area contributed by atoms with Crippen molar-refractivity contribution in [3.8, 4) is 11.5 Å². The molecule has 2 aromatic rings. The fourth-order valence-electron chi connectivity index (χ4n) is 4.75. The van der Waals surface area contributed by atoms with Crippen molar-refractivity contribution in [2.24, 2.45) is 0 Å². The summed E-state index contributed by atoms with van der Waals surface area (Å²) in [7, 11) is 1.67. The van der Waals surface area contributed by atoms with Gasteiger partial charge in [-0.1, -0.05) is 24.3 Å². The number of hydrogen-bond acceptors (Lipinski definition) is 3. The van der Waals surface area contributed by atoms with E-state index in [0.717, 1.165) is 63.5 Å². The SMILES string of the molecule is COc1ccc(OCC[NH+]2CC[NH+](CC(=O)N[C@H]3CCCc4ccccc43)CC2)cc1. The Morgan fingerprint density at radius 2 is 1.71 bits per heavy atom. The van der Waals surface area contributed by atoms with Crippen LogP contribution in [0.15, 0.2) is 48.5 Å². The van der Waals surface area contributed by atoms with Gasteiger partial charge in [0.05, 0.1) is 13.2 Å². The predicted molar refractivity (Wildman–Crippen MR) is 120 cm³/mol. The Balaban J connectivity index is 1.15. The molecule has 1 heterocycles. The van der Waals surface area contributed by atoms with E-state index < -0.39 is 0 Å². The summed E-state index contributed by atoms with van der Waals surface area (Å²) in [4.78, 5) is 15.6. The normalized spacial score (nSPS) is 22.9. The molecule has 1 aliphatic carbocycles. The van der Waals surface area contributed by atoms with Crippen molar-refractivity contribution < 1.29 is 24.1 Å². The topological polar surface area (TPSA) is 56.4 Å². The van der Waals surface area contributed by atoms with E-state index in [0.29, 0.717) is 13.2 Å². The summed E-state index contributed by atoms with van der Waals surface area (Å²) in [6, 6.07) is 16.4. The maximum Gasteiger partial charge on any atom is 0.275 e. The summed E-state index contributed by atoms with van der Waals surface area (Å²) in [5.41, 5.74) is 2.70. The van der Waals surface area contributed by atoms with Gasteiger partial charge in [-0.3, -0.25) is 4.79 Å². The lowest BCUT2D eigenvalue weighted by molar-refractivity contribution is -1.01. The van der Waals surface area contributed by atoms with Crippen LogP contribution in [0.25, 0.3) is 0 Å². The van der Waals surface area contributed by atoms with Crippen LogP contribution in [0.5, 0.6) is 11.5 Å². The van der Waals surface area contributed by atoms with E-state index in [2.05, 4.69) is 29.6 Å². The smallest absolute Gasteiger partial charge is 0.275 e. The number of methoxy groups -OCH3 is 1. The van der Waals surface area contributed by atoms with Crippen LogP contribution in [0.1, 0.15) is 30.0 Å². The van der Waals surface area contributed by atoms with E-state index in [-0.39, 0.29) is 11.9 Å². The first kappa shape index (κ1) is 21.7. The van der Waals surface area contributed by atoms with E-state index in [9.17, 15) is 4.79 Å². The Hall–Kier alpha value is -2.57. The summed E-state index contributed by atoms with van der Waals surface area (Å²) in [5, 5.41) is 3.30. The van der Waals surface area contributed by atoms with Crippen LogP contribution in [0.3, 0.4) is 0 Å². The molecule has 1 fully saturated rings. The van der Waals surface area contributed by atoms with Crippen LogP contribution in [0, 0.1) is 0 Å². The number of aryl methyl sites for hydroxylation is 1. The van der Waals surface area contributed by atoms with Gasteiger partial charge in [-0.15, -0.1) is 0 Å². The Labute approximate surface area is 185 Å². The van der Waals surface area contributed by atoms with Crippen molar-refractivity contribution in [3.63, 3.8) is 0 Å². The average Bonchev–Trinajstić information content (AvgIpc) is 2.81. The monoisotopic (exact) mass is 425 g/mol. The number of benzene rings is 2. The molecule has 0 aromatic heterocycles. The molecule has 0 saturated carbocycles. The zero-order valence-electron chi connectivity index (χ0n) is 18.5. The van der Waals surface area contributed by atoms with Crippen LogP contribution in [0.4, 0.5) is 0 Å². The maximum absolute atomic E-state index is 12.7. The molecule has 3 N–H and O–H groups in total. The number of rotatable bonds is 8. The molecule has 0 spiro atoms. The Kier molecular flexibility index (Phi) is 7.43. The van der Waals surface area contributed by atoms with Crippen molar-refractivity contribution in [2.75, 3.05) is 53.0 Å². The molecule has 0 unspecified atom stereocenters. The number of carbonyl (C=O) groups is 1. The lowest BCUT2D eigenvalue weighted by Crippen LogP contribution is -3.28. The van der Waals surface area contributed by atoms with Crippen molar-refractivity contribution in [1.82, 2.24) is 5.32 Å². The van der Waals surface area contributed by atoms with Gasteiger partial charge in [0.2, 0.25) is 0 Å². The Morgan fingerprint density at radius 3 is 2.48 bits per heavy atom. The molecule has 1 amide bonds. The molecule has 1 aliphatic heterocycles. The van der Waals surface area contributed by atoms with Gasteiger partial charge in [0.15, 0.2) is 6.54 Å². The van der Waals surface area contributed by atoms with Crippen LogP contribution in [-0.2, 0) is 11.2 Å². The third kappa shape index (κ3) is 5.99. The number of amides is 1. The highest BCUT2D eigenvalue weighted by molar-refractivity contribution is 5.77. The summed E-state index contributed by atoms with van der Waals surface area (Å²) in [6.07, 6.45) is 3.32. The first-order chi connectivity index (χ1) is 15.2. The molecule has 31 heavy (non-hydrogen) atoms. The van der Waals surface area contributed by atoms with Gasteiger partial charge >= 0.3 is 0 Å². The van der Waals surface area contributed by atoms with Crippen molar-refractivity contribution >= 4 is 5.91 Å². The molecule has 2 aliphatic rings. The number of carbonyl (C=O) groups excluding carboxylic acids is 1. The molecular formula is C25H35N3O3+2. The number of hydrogen-bond donors (Lipinski definition) is 3. The molecule has 4 rings (SSSR count). The highest BCUT2D eigenvalue weighted by atomic mass is 16.5. The van der Waals surface area contributed by atoms with E-state index >= 15 is 0 Å². The zero-order chi connectivity index (χ0) is 21.5. The van der Waals surface area contributed by atoms with Crippen LogP contribution >= 0.6 is 0 Å². The maximum atomic E-state index is 12.7. The van der Waals surface area contributed by atoms with Gasteiger partial charge in [0, 0.05) is 0 Å².